The first-order valence-corrected chi connectivity index (χ1v) is 11.0. The van der Waals surface area contributed by atoms with Gasteiger partial charge in [-0.25, -0.2) is 9.67 Å². The number of allylic oxidation sites excluding steroid dienone is 2. The Bertz CT molecular complexity index is 1050. The van der Waals surface area contributed by atoms with E-state index in [0.717, 1.165) is 35.4 Å². The van der Waals surface area contributed by atoms with Crippen LogP contribution in [0.5, 0.6) is 0 Å². The molecule has 3 aromatic carbocycles. The van der Waals surface area contributed by atoms with E-state index in [4.69, 9.17) is 10.1 Å². The van der Waals surface area contributed by atoms with E-state index in [-0.39, 0.29) is 0 Å². The van der Waals surface area contributed by atoms with Gasteiger partial charge in [-0.1, -0.05) is 110 Å². The number of aromatic nitrogens is 3. The quantitative estimate of drug-likeness (QED) is 0.319. The van der Waals surface area contributed by atoms with Crippen LogP contribution >= 0.6 is 0 Å². The molecular formula is C28H29N3. The fourth-order valence-corrected chi connectivity index (χ4v) is 4.36. The molecule has 0 amide bonds. The Kier molecular flexibility index (Phi) is 6.13. The topological polar surface area (TPSA) is 30.7 Å². The van der Waals surface area contributed by atoms with E-state index in [1.807, 2.05) is 11.0 Å². The van der Waals surface area contributed by atoms with Crippen LogP contribution in [0, 0.1) is 0 Å². The van der Waals surface area contributed by atoms with Crippen molar-refractivity contribution in [3.63, 3.8) is 0 Å². The molecule has 0 aliphatic heterocycles. The maximum absolute atomic E-state index is 5.10. The van der Waals surface area contributed by atoms with Crippen molar-refractivity contribution in [2.45, 2.75) is 39.2 Å². The molecule has 4 rings (SSSR count). The number of hydrogen-bond acceptors (Lipinski definition) is 2. The summed E-state index contributed by atoms with van der Waals surface area (Å²) in [6.07, 6.45) is 3.80. The third kappa shape index (κ3) is 3.72. The molecule has 4 aromatic rings. The number of benzene rings is 3. The molecule has 0 fully saturated rings. The van der Waals surface area contributed by atoms with E-state index in [2.05, 4.69) is 112 Å². The summed E-state index contributed by atoms with van der Waals surface area (Å²) in [5.41, 5.74) is 5.40. The van der Waals surface area contributed by atoms with Crippen molar-refractivity contribution in [2.75, 3.05) is 0 Å². The van der Waals surface area contributed by atoms with Gasteiger partial charge in [-0.05, 0) is 42.0 Å². The Balaban J connectivity index is 2.05. The van der Waals surface area contributed by atoms with Gasteiger partial charge in [0.15, 0.2) is 5.82 Å². The third-order valence-corrected chi connectivity index (χ3v) is 6.08. The molecule has 0 atom stereocenters. The van der Waals surface area contributed by atoms with Crippen LogP contribution < -0.4 is 0 Å². The Morgan fingerprint density at radius 2 is 1.16 bits per heavy atom. The van der Waals surface area contributed by atoms with E-state index in [1.165, 1.54) is 11.1 Å². The number of nitrogens with zero attached hydrogens (tertiary/aromatic N) is 3. The van der Waals surface area contributed by atoms with Crippen molar-refractivity contribution in [2.24, 2.45) is 0 Å². The first-order valence-electron chi connectivity index (χ1n) is 11.0. The molecule has 0 unspecified atom stereocenters. The van der Waals surface area contributed by atoms with Crippen LogP contribution in [0.3, 0.4) is 0 Å². The zero-order valence-electron chi connectivity index (χ0n) is 18.5. The summed E-state index contributed by atoms with van der Waals surface area (Å²) in [6.45, 7) is 6.54. The summed E-state index contributed by atoms with van der Waals surface area (Å²) < 4.78 is 2.04. The Morgan fingerprint density at radius 1 is 0.710 bits per heavy atom. The molecule has 1 heterocycles. The van der Waals surface area contributed by atoms with Gasteiger partial charge in [-0.2, -0.15) is 0 Å². The van der Waals surface area contributed by atoms with E-state index in [9.17, 15) is 0 Å². The van der Waals surface area contributed by atoms with Gasteiger partial charge in [0.25, 0.3) is 0 Å². The van der Waals surface area contributed by atoms with Crippen LogP contribution in [0.4, 0.5) is 0 Å². The molecule has 31 heavy (non-hydrogen) atoms. The minimum absolute atomic E-state index is 0.617. The molecule has 3 heteroatoms. The summed E-state index contributed by atoms with van der Waals surface area (Å²) in [5, 5.41) is 5.10. The van der Waals surface area contributed by atoms with Crippen LogP contribution in [0.15, 0.2) is 103 Å². The number of rotatable bonds is 7. The van der Waals surface area contributed by atoms with Crippen molar-refractivity contribution < 1.29 is 0 Å². The van der Waals surface area contributed by atoms with Crippen molar-refractivity contribution in [3.05, 3.63) is 125 Å². The zero-order chi connectivity index (χ0) is 21.7. The van der Waals surface area contributed by atoms with Gasteiger partial charge in [0.2, 0.25) is 0 Å². The minimum atomic E-state index is -0.617. The molecule has 156 valence electrons. The van der Waals surface area contributed by atoms with Crippen LogP contribution in [0.25, 0.3) is 5.57 Å². The van der Waals surface area contributed by atoms with Crippen molar-refractivity contribution in [1.82, 2.24) is 14.8 Å². The summed E-state index contributed by atoms with van der Waals surface area (Å²) in [7, 11) is 0. The van der Waals surface area contributed by atoms with Gasteiger partial charge in [0.1, 0.15) is 11.9 Å². The summed E-state index contributed by atoms with van der Waals surface area (Å²) in [6, 6.07) is 31.8. The highest BCUT2D eigenvalue weighted by Gasteiger charge is 2.39. The van der Waals surface area contributed by atoms with Crippen LogP contribution in [0.1, 0.15) is 56.1 Å². The molecule has 0 spiro atoms. The largest absolute Gasteiger partial charge is 0.233 e. The molecular weight excluding hydrogens is 378 g/mol. The molecule has 0 saturated heterocycles. The van der Waals surface area contributed by atoms with E-state index >= 15 is 0 Å². The monoisotopic (exact) mass is 407 g/mol. The van der Waals surface area contributed by atoms with E-state index < -0.39 is 5.54 Å². The Morgan fingerprint density at radius 3 is 1.55 bits per heavy atom. The average Bonchev–Trinajstić information content (AvgIpc) is 3.32. The number of hydrogen-bond donors (Lipinski definition) is 0. The fourth-order valence-electron chi connectivity index (χ4n) is 4.36. The molecule has 0 N–H and O–H groups in total. The maximum atomic E-state index is 5.10. The molecule has 0 saturated carbocycles. The van der Waals surface area contributed by atoms with E-state index in [0.29, 0.717) is 0 Å². The van der Waals surface area contributed by atoms with Gasteiger partial charge >= 0.3 is 0 Å². The highest BCUT2D eigenvalue weighted by Crippen LogP contribution is 2.40. The second kappa shape index (κ2) is 9.13. The van der Waals surface area contributed by atoms with Gasteiger partial charge in [-0.3, -0.25) is 0 Å². The fraction of sp³-hybridized carbons (Fsp3) is 0.214. The third-order valence-electron chi connectivity index (χ3n) is 6.08. The first-order chi connectivity index (χ1) is 15.2. The molecule has 3 nitrogen and oxygen atoms in total. The SMILES string of the molecule is CC/C(C)=C(/CC)c1ncn(C(c2ccccc2)(c2ccccc2)c2ccccc2)n1. The van der Waals surface area contributed by atoms with Crippen molar-refractivity contribution >= 4 is 5.57 Å². The second-order valence-corrected chi connectivity index (χ2v) is 7.79. The smallest absolute Gasteiger partial charge is 0.177 e. The lowest BCUT2D eigenvalue weighted by Crippen LogP contribution is -2.38. The van der Waals surface area contributed by atoms with E-state index in [1.54, 1.807) is 0 Å². The Hall–Kier alpha value is -3.46. The molecule has 0 radical (unpaired) electrons. The molecule has 0 bridgehead atoms. The predicted molar refractivity (Wildman–Crippen MR) is 128 cm³/mol. The summed E-state index contributed by atoms with van der Waals surface area (Å²) >= 11 is 0. The van der Waals surface area contributed by atoms with Crippen LogP contribution in [-0.2, 0) is 5.54 Å². The lowest BCUT2D eigenvalue weighted by molar-refractivity contribution is 0.458. The first kappa shape index (κ1) is 20.8. The van der Waals surface area contributed by atoms with Crippen molar-refractivity contribution in [1.29, 1.82) is 0 Å². The Labute approximate surface area is 185 Å². The second-order valence-electron chi connectivity index (χ2n) is 7.79. The lowest BCUT2D eigenvalue weighted by atomic mass is 9.77. The van der Waals surface area contributed by atoms with Gasteiger partial charge in [-0.15, -0.1) is 5.10 Å². The summed E-state index contributed by atoms with van der Waals surface area (Å²) in [5.74, 6) is 0.814. The van der Waals surface area contributed by atoms with Gasteiger partial charge in [0.05, 0.1) is 0 Å². The molecule has 0 aliphatic carbocycles. The lowest BCUT2D eigenvalue weighted by Gasteiger charge is -2.35. The molecule has 0 aliphatic rings. The van der Waals surface area contributed by atoms with Crippen LogP contribution in [-0.4, -0.2) is 14.8 Å². The summed E-state index contributed by atoms with van der Waals surface area (Å²) in [4.78, 5) is 4.79. The minimum Gasteiger partial charge on any atom is -0.233 e. The highest BCUT2D eigenvalue weighted by atomic mass is 15.4. The molecule has 1 aromatic heterocycles. The standard InChI is InChI=1S/C28H29N3/c1-4-22(3)26(5-2)27-29-21-31(30-27)28(23-15-9-6-10-16-23,24-17-11-7-12-18-24)25-19-13-8-14-20-25/h6-21H,4-5H2,1-3H3/b26-22-. The highest BCUT2D eigenvalue weighted by molar-refractivity contribution is 5.62. The normalized spacial score (nSPS) is 12.5. The zero-order valence-corrected chi connectivity index (χ0v) is 18.5. The average molecular weight is 408 g/mol. The predicted octanol–water partition coefficient (Wildman–Crippen LogP) is 6.71. The van der Waals surface area contributed by atoms with Crippen LogP contribution in [0.2, 0.25) is 0 Å². The van der Waals surface area contributed by atoms with Crippen molar-refractivity contribution in [3.8, 4) is 0 Å². The van der Waals surface area contributed by atoms with Gasteiger partial charge < -0.3 is 0 Å². The maximum Gasteiger partial charge on any atom is 0.177 e. The van der Waals surface area contributed by atoms with Gasteiger partial charge in [0, 0.05) is 0 Å².